The molecule has 0 unspecified atom stereocenters. The molecule has 134 valence electrons. The molecule has 1 aliphatic rings. The van der Waals surface area contributed by atoms with Gasteiger partial charge in [-0.25, -0.2) is 8.42 Å². The van der Waals surface area contributed by atoms with Crippen molar-refractivity contribution in [2.75, 3.05) is 38.2 Å². The maximum absolute atomic E-state index is 12.5. The molecule has 0 spiro atoms. The third kappa shape index (κ3) is 5.67. The van der Waals surface area contributed by atoms with Crippen LogP contribution >= 0.6 is 0 Å². The zero-order valence-electron chi connectivity index (χ0n) is 15.1. The number of amides is 1. The van der Waals surface area contributed by atoms with Gasteiger partial charge in [0.1, 0.15) is 9.84 Å². The second-order valence-electron chi connectivity index (χ2n) is 6.89. The first-order valence-corrected chi connectivity index (χ1v) is 10.1. The van der Waals surface area contributed by atoms with Gasteiger partial charge in [-0.05, 0) is 34.6 Å². The van der Waals surface area contributed by atoms with Gasteiger partial charge >= 0.3 is 0 Å². The van der Waals surface area contributed by atoms with E-state index < -0.39 is 9.84 Å². The summed E-state index contributed by atoms with van der Waals surface area (Å²) in [5.74, 6) is 0.663. The lowest BCUT2D eigenvalue weighted by molar-refractivity contribution is -0.145. The summed E-state index contributed by atoms with van der Waals surface area (Å²) in [4.78, 5) is 20.7. The maximum Gasteiger partial charge on any atom is 0.242 e. The van der Waals surface area contributed by atoms with E-state index in [1.807, 2.05) is 44.4 Å². The second kappa shape index (κ2) is 7.51. The van der Waals surface area contributed by atoms with Crippen molar-refractivity contribution in [3.05, 3.63) is 0 Å². The summed E-state index contributed by atoms with van der Waals surface area (Å²) in [6.45, 7) is 11.8. The van der Waals surface area contributed by atoms with Crippen molar-refractivity contribution in [3.63, 3.8) is 0 Å². The van der Waals surface area contributed by atoms with Gasteiger partial charge < -0.3 is 15.1 Å². The monoisotopic (exact) mass is 346 g/mol. The molecule has 1 amide bonds. The first kappa shape index (κ1) is 19.7. The molecule has 1 saturated heterocycles. The molecule has 1 rings (SSSR count). The van der Waals surface area contributed by atoms with E-state index in [4.69, 9.17) is 0 Å². The zero-order valence-corrected chi connectivity index (χ0v) is 15.9. The molecule has 1 fully saturated rings. The lowest BCUT2D eigenvalue weighted by Crippen LogP contribution is -2.66. The Morgan fingerprint density at radius 3 is 2.43 bits per heavy atom. The van der Waals surface area contributed by atoms with Gasteiger partial charge in [-0.15, -0.1) is 0 Å². The highest BCUT2D eigenvalue weighted by molar-refractivity contribution is 7.90. The number of nitrogens with zero attached hydrogens (tertiary/aromatic N) is 3. The van der Waals surface area contributed by atoms with Gasteiger partial charge in [-0.2, -0.15) is 0 Å². The van der Waals surface area contributed by atoms with E-state index in [2.05, 4.69) is 10.3 Å². The van der Waals surface area contributed by atoms with Crippen LogP contribution in [0.25, 0.3) is 0 Å². The highest BCUT2D eigenvalue weighted by Crippen LogP contribution is 2.24. The fourth-order valence-corrected chi connectivity index (χ4v) is 3.48. The van der Waals surface area contributed by atoms with Crippen molar-refractivity contribution < 1.29 is 13.2 Å². The Morgan fingerprint density at radius 2 is 2.00 bits per heavy atom. The van der Waals surface area contributed by atoms with E-state index in [0.29, 0.717) is 19.0 Å². The van der Waals surface area contributed by atoms with E-state index in [1.54, 1.807) is 0 Å². The molecule has 0 aromatic carbocycles. The fraction of sp³-hybridized carbons (Fsp3) is 0.867. The normalized spacial score (nSPS) is 19.4. The number of guanidine groups is 1. The predicted molar refractivity (Wildman–Crippen MR) is 93.3 cm³/mol. The minimum absolute atomic E-state index is 0.00515. The summed E-state index contributed by atoms with van der Waals surface area (Å²) < 4.78 is 22.5. The van der Waals surface area contributed by atoms with Crippen molar-refractivity contribution in [2.45, 2.75) is 46.2 Å². The molecule has 0 atom stereocenters. The number of carbonyl (C=O) groups is 1. The van der Waals surface area contributed by atoms with Crippen molar-refractivity contribution in [1.29, 1.82) is 0 Å². The van der Waals surface area contributed by atoms with Crippen molar-refractivity contribution in [1.82, 2.24) is 15.1 Å². The summed E-state index contributed by atoms with van der Waals surface area (Å²) in [6, 6.07) is 0.143. The number of sulfone groups is 1. The largest absolute Gasteiger partial charge is 0.357 e. The molecule has 0 bridgehead atoms. The van der Waals surface area contributed by atoms with Crippen LogP contribution < -0.4 is 5.32 Å². The maximum atomic E-state index is 12.5. The Bertz CT molecular complexity index is 555. The lowest BCUT2D eigenvalue weighted by atomic mass is 9.96. The van der Waals surface area contributed by atoms with E-state index in [0.717, 1.165) is 0 Å². The summed E-state index contributed by atoms with van der Waals surface area (Å²) in [6.07, 6.45) is 1.20. The van der Waals surface area contributed by atoms with Gasteiger partial charge in [0.25, 0.3) is 0 Å². The SMILES string of the molecule is CCNC(=NCCS(C)(=O)=O)N1CC(=O)N(C(C)C)C(C)(C)C1. The Kier molecular flexibility index (Phi) is 6.44. The molecule has 1 heterocycles. The molecule has 1 aliphatic heterocycles. The third-order valence-corrected chi connectivity index (χ3v) is 4.62. The van der Waals surface area contributed by atoms with Gasteiger partial charge in [-0.3, -0.25) is 9.79 Å². The topological polar surface area (TPSA) is 82.1 Å². The van der Waals surface area contributed by atoms with E-state index in [9.17, 15) is 13.2 Å². The standard InChI is InChI=1S/C15H30N4O3S/c1-7-16-14(17-8-9-23(6,21)22)18-10-13(20)19(12(2)3)15(4,5)11-18/h12H,7-11H2,1-6H3,(H,16,17). The molecule has 0 aromatic heterocycles. The lowest BCUT2D eigenvalue weighted by Gasteiger charge is -2.49. The Balaban J connectivity index is 2.93. The number of carbonyl (C=O) groups excluding carboxylic acids is 1. The van der Waals surface area contributed by atoms with E-state index >= 15 is 0 Å². The molecule has 7 nitrogen and oxygen atoms in total. The molecule has 0 aliphatic carbocycles. The van der Waals surface area contributed by atoms with Gasteiger partial charge in [0, 0.05) is 25.4 Å². The molecule has 0 radical (unpaired) electrons. The van der Waals surface area contributed by atoms with Gasteiger partial charge in [0.2, 0.25) is 5.91 Å². The van der Waals surface area contributed by atoms with Gasteiger partial charge in [0.05, 0.1) is 24.4 Å². The van der Waals surface area contributed by atoms with Gasteiger partial charge in [0.15, 0.2) is 5.96 Å². The van der Waals surface area contributed by atoms with Crippen LogP contribution in [0.2, 0.25) is 0 Å². The van der Waals surface area contributed by atoms with Crippen LogP contribution in [0.4, 0.5) is 0 Å². The molecule has 8 heteroatoms. The van der Waals surface area contributed by atoms with Crippen molar-refractivity contribution >= 4 is 21.7 Å². The number of aliphatic imine (C=N–C) groups is 1. The van der Waals surface area contributed by atoms with E-state index in [1.165, 1.54) is 6.26 Å². The number of rotatable bonds is 5. The van der Waals surface area contributed by atoms with Gasteiger partial charge in [-0.1, -0.05) is 0 Å². The quantitative estimate of drug-likeness (QED) is 0.573. The fourth-order valence-electron chi connectivity index (χ4n) is 3.06. The summed E-state index contributed by atoms with van der Waals surface area (Å²) in [7, 11) is -3.05. The third-order valence-electron chi connectivity index (χ3n) is 3.70. The summed E-state index contributed by atoms with van der Waals surface area (Å²) in [5.41, 5.74) is -0.309. The molecule has 0 aromatic rings. The molecule has 0 saturated carbocycles. The molecular weight excluding hydrogens is 316 g/mol. The minimum atomic E-state index is -3.05. The van der Waals surface area contributed by atoms with Crippen LogP contribution in [-0.2, 0) is 14.6 Å². The number of hydrogen-bond donors (Lipinski definition) is 1. The van der Waals surface area contributed by atoms with Crippen LogP contribution in [0.1, 0.15) is 34.6 Å². The Labute approximate surface area is 140 Å². The van der Waals surface area contributed by atoms with Crippen LogP contribution in [0.15, 0.2) is 4.99 Å². The Morgan fingerprint density at radius 1 is 1.39 bits per heavy atom. The first-order chi connectivity index (χ1) is 10.5. The summed E-state index contributed by atoms with van der Waals surface area (Å²) >= 11 is 0. The van der Waals surface area contributed by atoms with Crippen molar-refractivity contribution in [3.8, 4) is 0 Å². The molecule has 1 N–H and O–H groups in total. The van der Waals surface area contributed by atoms with Crippen LogP contribution in [0, 0.1) is 0 Å². The number of nitrogens with one attached hydrogen (secondary N) is 1. The predicted octanol–water partition coefficient (Wildman–Crippen LogP) is 0.328. The number of piperazine rings is 1. The highest BCUT2D eigenvalue weighted by Gasteiger charge is 2.40. The van der Waals surface area contributed by atoms with E-state index in [-0.39, 0.29) is 36.3 Å². The zero-order chi connectivity index (χ0) is 17.8. The smallest absolute Gasteiger partial charge is 0.242 e. The minimum Gasteiger partial charge on any atom is -0.357 e. The van der Waals surface area contributed by atoms with Crippen molar-refractivity contribution in [2.24, 2.45) is 4.99 Å². The molecular formula is C15H30N4O3S. The first-order valence-electron chi connectivity index (χ1n) is 8.01. The average Bonchev–Trinajstić information content (AvgIpc) is 2.33. The summed E-state index contributed by atoms with van der Waals surface area (Å²) in [5, 5.41) is 3.15. The average molecular weight is 346 g/mol. The number of hydrogen-bond acceptors (Lipinski definition) is 4. The van der Waals surface area contributed by atoms with Crippen LogP contribution in [-0.4, -0.2) is 79.9 Å². The Hall–Kier alpha value is -1.31. The molecule has 23 heavy (non-hydrogen) atoms. The van der Waals surface area contributed by atoms with Crippen LogP contribution in [0.3, 0.4) is 0 Å². The second-order valence-corrected chi connectivity index (χ2v) is 9.15. The highest BCUT2D eigenvalue weighted by atomic mass is 32.2. The van der Waals surface area contributed by atoms with Crippen LogP contribution in [0.5, 0.6) is 0 Å².